The number of aryl methyl sites for hydroxylation is 1. The van der Waals surface area contributed by atoms with Crippen molar-refractivity contribution in [3.63, 3.8) is 0 Å². The largest absolute Gasteiger partial charge is 0.376 e. The number of hydrogen-bond acceptors (Lipinski definition) is 4. The fourth-order valence-corrected chi connectivity index (χ4v) is 2.85. The average molecular weight is 360 g/mol. The predicted octanol–water partition coefficient (Wildman–Crippen LogP) is 2.73. The minimum Gasteiger partial charge on any atom is -0.376 e. The van der Waals surface area contributed by atoms with Gasteiger partial charge in [-0.3, -0.25) is 4.79 Å². The molecule has 3 N–H and O–H groups in total. The van der Waals surface area contributed by atoms with Crippen molar-refractivity contribution < 1.29 is 13.6 Å². The van der Waals surface area contributed by atoms with Crippen LogP contribution in [0.5, 0.6) is 0 Å². The molecule has 0 aliphatic carbocycles. The third-order valence-electron chi connectivity index (χ3n) is 4.35. The van der Waals surface area contributed by atoms with Crippen molar-refractivity contribution in [3.8, 4) is 0 Å². The highest BCUT2D eigenvalue weighted by Gasteiger charge is 2.13. The van der Waals surface area contributed by atoms with Gasteiger partial charge in [-0.25, -0.2) is 8.78 Å². The molecule has 3 rings (SSSR count). The van der Waals surface area contributed by atoms with E-state index >= 15 is 0 Å². The maximum atomic E-state index is 13.2. The summed E-state index contributed by atoms with van der Waals surface area (Å²) in [6.07, 6.45) is 0. The topological polar surface area (TPSA) is 56.4 Å². The molecule has 0 saturated carbocycles. The zero-order valence-electron chi connectivity index (χ0n) is 14.6. The average Bonchev–Trinajstić information content (AvgIpc) is 2.65. The van der Waals surface area contributed by atoms with Crippen LogP contribution in [0.1, 0.15) is 5.56 Å². The predicted molar refractivity (Wildman–Crippen MR) is 99.7 cm³/mol. The Kier molecular flexibility index (Phi) is 5.68. The number of hydrogen-bond donors (Lipinski definition) is 3. The minimum absolute atomic E-state index is 0.0393. The van der Waals surface area contributed by atoms with E-state index in [4.69, 9.17) is 0 Å². The highest BCUT2D eigenvalue weighted by atomic mass is 19.2. The molecule has 1 aliphatic rings. The zero-order valence-corrected chi connectivity index (χ0v) is 14.6. The third kappa shape index (κ3) is 4.49. The van der Waals surface area contributed by atoms with Gasteiger partial charge in [-0.2, -0.15) is 0 Å². The number of rotatable bonds is 5. The number of carbonyl (C=O) groups excluding carboxylic acids is 1. The standard InChI is InChI=1S/C19H22F2N4O/c1-13-2-4-15(25-8-6-22-7-9-25)11-18(13)24-19(26)12-23-14-3-5-16(20)17(21)10-14/h2-5,10-11,22-23H,6-9,12H2,1H3,(H,24,26). The van der Waals surface area contributed by atoms with E-state index in [1.807, 2.05) is 19.1 Å². The van der Waals surface area contributed by atoms with Crippen LogP contribution in [0.4, 0.5) is 25.8 Å². The number of nitrogens with one attached hydrogen (secondary N) is 3. The van der Waals surface area contributed by atoms with E-state index in [1.54, 1.807) is 0 Å². The van der Waals surface area contributed by atoms with E-state index in [2.05, 4.69) is 26.9 Å². The van der Waals surface area contributed by atoms with Crippen molar-refractivity contribution in [1.29, 1.82) is 0 Å². The van der Waals surface area contributed by atoms with Gasteiger partial charge in [-0.1, -0.05) is 6.07 Å². The number of piperazine rings is 1. The summed E-state index contributed by atoms with van der Waals surface area (Å²) in [6.45, 7) is 5.62. The van der Waals surface area contributed by atoms with Gasteiger partial charge in [0.05, 0.1) is 6.54 Å². The van der Waals surface area contributed by atoms with Crippen LogP contribution in [-0.2, 0) is 4.79 Å². The van der Waals surface area contributed by atoms with Crippen LogP contribution in [0.15, 0.2) is 36.4 Å². The molecule has 138 valence electrons. The molecule has 1 amide bonds. The van der Waals surface area contributed by atoms with Crippen LogP contribution >= 0.6 is 0 Å². The number of anilines is 3. The van der Waals surface area contributed by atoms with Gasteiger partial charge in [0.15, 0.2) is 11.6 Å². The maximum absolute atomic E-state index is 13.2. The van der Waals surface area contributed by atoms with Crippen LogP contribution in [0.25, 0.3) is 0 Å². The van der Waals surface area contributed by atoms with Crippen molar-refractivity contribution in [1.82, 2.24) is 5.32 Å². The molecular weight excluding hydrogens is 338 g/mol. The summed E-state index contributed by atoms with van der Waals surface area (Å²) < 4.78 is 26.1. The quantitative estimate of drug-likeness (QED) is 0.768. The number of nitrogens with zero attached hydrogens (tertiary/aromatic N) is 1. The Bertz CT molecular complexity index is 791. The molecule has 1 aliphatic heterocycles. The van der Waals surface area contributed by atoms with Crippen molar-refractivity contribution in [2.24, 2.45) is 0 Å². The van der Waals surface area contributed by atoms with Gasteiger partial charge in [0.25, 0.3) is 0 Å². The molecule has 0 spiro atoms. The van der Waals surface area contributed by atoms with Crippen molar-refractivity contribution >= 4 is 23.0 Å². The number of carbonyl (C=O) groups is 1. The molecule has 1 saturated heterocycles. The summed E-state index contributed by atoms with van der Waals surface area (Å²) in [5, 5.41) is 8.98. The summed E-state index contributed by atoms with van der Waals surface area (Å²) in [4.78, 5) is 14.5. The molecule has 5 nitrogen and oxygen atoms in total. The summed E-state index contributed by atoms with van der Waals surface area (Å²) in [5.41, 5.74) is 3.13. The Morgan fingerprint density at radius 2 is 1.88 bits per heavy atom. The van der Waals surface area contributed by atoms with E-state index in [-0.39, 0.29) is 12.5 Å². The number of halogens is 2. The van der Waals surface area contributed by atoms with E-state index in [0.717, 1.165) is 55.2 Å². The Hall–Kier alpha value is -2.67. The van der Waals surface area contributed by atoms with Gasteiger partial charge in [-0.05, 0) is 36.8 Å². The Morgan fingerprint density at radius 1 is 1.12 bits per heavy atom. The lowest BCUT2D eigenvalue weighted by molar-refractivity contribution is -0.114. The van der Waals surface area contributed by atoms with Crippen LogP contribution in [0.3, 0.4) is 0 Å². The second-order valence-corrected chi connectivity index (χ2v) is 6.27. The summed E-state index contributed by atoms with van der Waals surface area (Å²) in [6, 6.07) is 9.44. The molecule has 1 fully saturated rings. The Morgan fingerprint density at radius 3 is 2.62 bits per heavy atom. The van der Waals surface area contributed by atoms with E-state index < -0.39 is 11.6 Å². The number of amides is 1. The third-order valence-corrected chi connectivity index (χ3v) is 4.35. The van der Waals surface area contributed by atoms with Gasteiger partial charge in [-0.15, -0.1) is 0 Å². The number of benzene rings is 2. The SMILES string of the molecule is Cc1ccc(N2CCNCC2)cc1NC(=O)CNc1ccc(F)c(F)c1. The molecular formula is C19H22F2N4O. The zero-order chi connectivity index (χ0) is 18.5. The van der Waals surface area contributed by atoms with Gasteiger partial charge in [0, 0.05) is 49.3 Å². The van der Waals surface area contributed by atoms with Crippen molar-refractivity contribution in [3.05, 3.63) is 53.6 Å². The van der Waals surface area contributed by atoms with Gasteiger partial charge in [0.1, 0.15) is 0 Å². The van der Waals surface area contributed by atoms with Crippen molar-refractivity contribution in [2.75, 3.05) is 48.3 Å². The fourth-order valence-electron chi connectivity index (χ4n) is 2.85. The lowest BCUT2D eigenvalue weighted by Crippen LogP contribution is -2.43. The molecule has 0 atom stereocenters. The molecule has 26 heavy (non-hydrogen) atoms. The first-order valence-electron chi connectivity index (χ1n) is 8.58. The maximum Gasteiger partial charge on any atom is 0.243 e. The molecule has 0 unspecified atom stereocenters. The molecule has 2 aromatic rings. The normalized spacial score (nSPS) is 14.2. The second-order valence-electron chi connectivity index (χ2n) is 6.27. The van der Waals surface area contributed by atoms with Gasteiger partial charge in [0.2, 0.25) is 5.91 Å². The molecule has 1 heterocycles. The lowest BCUT2D eigenvalue weighted by Gasteiger charge is -2.30. The summed E-state index contributed by atoms with van der Waals surface area (Å²) in [5.74, 6) is -2.12. The molecule has 0 radical (unpaired) electrons. The fraction of sp³-hybridized carbons (Fsp3) is 0.316. The molecule has 0 bridgehead atoms. The first-order chi connectivity index (χ1) is 12.5. The Balaban J connectivity index is 1.61. The first kappa shape index (κ1) is 18.1. The summed E-state index contributed by atoms with van der Waals surface area (Å²) in [7, 11) is 0. The monoisotopic (exact) mass is 360 g/mol. The van der Waals surface area contributed by atoms with Crippen LogP contribution < -0.4 is 20.9 Å². The molecule has 2 aromatic carbocycles. The Labute approximate surface area is 151 Å². The highest BCUT2D eigenvalue weighted by molar-refractivity contribution is 5.95. The second kappa shape index (κ2) is 8.14. The van der Waals surface area contributed by atoms with Crippen LogP contribution in [0.2, 0.25) is 0 Å². The lowest BCUT2D eigenvalue weighted by atomic mass is 10.1. The van der Waals surface area contributed by atoms with E-state index in [1.165, 1.54) is 6.07 Å². The smallest absolute Gasteiger partial charge is 0.243 e. The van der Waals surface area contributed by atoms with Gasteiger partial charge >= 0.3 is 0 Å². The highest BCUT2D eigenvalue weighted by Crippen LogP contribution is 2.23. The molecule has 0 aromatic heterocycles. The molecule has 7 heteroatoms. The van der Waals surface area contributed by atoms with Gasteiger partial charge < -0.3 is 20.9 Å². The summed E-state index contributed by atoms with van der Waals surface area (Å²) >= 11 is 0. The van der Waals surface area contributed by atoms with Crippen molar-refractivity contribution in [2.45, 2.75) is 6.92 Å². The van der Waals surface area contributed by atoms with E-state index in [9.17, 15) is 13.6 Å². The van der Waals surface area contributed by atoms with Crippen LogP contribution in [-0.4, -0.2) is 38.6 Å². The first-order valence-corrected chi connectivity index (χ1v) is 8.58. The minimum atomic E-state index is -0.949. The van der Waals surface area contributed by atoms with E-state index in [0.29, 0.717) is 5.69 Å². The van der Waals surface area contributed by atoms with Crippen LogP contribution in [0, 0.1) is 18.6 Å².